The van der Waals surface area contributed by atoms with Crippen LogP contribution >= 0.6 is 11.8 Å². The number of hydrogen-bond acceptors (Lipinski definition) is 3. The van der Waals surface area contributed by atoms with Gasteiger partial charge in [-0.1, -0.05) is 134 Å². The summed E-state index contributed by atoms with van der Waals surface area (Å²) >= 11 is 2.02. The molecule has 7 aliphatic rings. The van der Waals surface area contributed by atoms with E-state index < -0.39 is 0 Å². The normalized spacial score (nSPS) is 24.0. The number of thioether (sulfide) groups is 1. The maximum absolute atomic E-state index is 4.16. The van der Waals surface area contributed by atoms with Gasteiger partial charge in [0, 0.05) is 60.2 Å². The van der Waals surface area contributed by atoms with Gasteiger partial charge in [-0.25, -0.2) is 0 Å². The highest BCUT2D eigenvalue weighted by molar-refractivity contribution is 8.00. The van der Waals surface area contributed by atoms with E-state index in [-0.39, 0.29) is 12.3 Å². The van der Waals surface area contributed by atoms with Crippen molar-refractivity contribution >= 4 is 52.7 Å². The van der Waals surface area contributed by atoms with Crippen molar-refractivity contribution in [2.45, 2.75) is 79.4 Å². The fraction of sp³-hybridized carbons (Fsp3) is 0.214. The predicted octanol–water partition coefficient (Wildman–Crippen LogP) is 11.8. The molecule has 0 saturated heterocycles. The van der Waals surface area contributed by atoms with Crippen LogP contribution in [0, 0.1) is 0 Å². The number of benzene rings is 4. The number of aromatic nitrogens is 2. The Kier molecular flexibility index (Phi) is 8.37. The molecule has 61 heavy (non-hydrogen) atoms. The third kappa shape index (κ3) is 5.70. The molecule has 0 amide bonds. The van der Waals surface area contributed by atoms with Crippen LogP contribution in [0.4, 0.5) is 5.69 Å². The summed E-state index contributed by atoms with van der Waals surface area (Å²) < 4.78 is 5.25. The highest BCUT2D eigenvalue weighted by atomic mass is 32.2. The molecule has 0 saturated carbocycles. The van der Waals surface area contributed by atoms with Crippen molar-refractivity contribution in [2.24, 2.45) is 0 Å². The van der Waals surface area contributed by atoms with E-state index in [0.29, 0.717) is 17.2 Å². The maximum atomic E-state index is 4.16. The van der Waals surface area contributed by atoms with Crippen LogP contribution in [0.3, 0.4) is 0 Å². The largest absolute Gasteiger partial charge is 0.352 e. The SMILES string of the molecule is C1=CCC(n2c3c(c4c2=CCCC=4)C=C(C2=Cc4c(n(C5Nc6ccccc6C(c6cccc(-c7cccc8c7SC7C=CC=CC87)c6)N5)c5ccccc45)CC2)CC3)C=C1. The van der Waals surface area contributed by atoms with Gasteiger partial charge in [-0.2, -0.15) is 0 Å². The lowest BCUT2D eigenvalue weighted by atomic mass is 9.85. The molecule has 5 aliphatic carbocycles. The van der Waals surface area contributed by atoms with E-state index in [4.69, 9.17) is 0 Å². The van der Waals surface area contributed by atoms with Crippen molar-refractivity contribution in [2.75, 3.05) is 5.32 Å². The molecule has 5 unspecified atom stereocenters. The fourth-order valence-electron chi connectivity index (χ4n) is 11.6. The van der Waals surface area contributed by atoms with E-state index >= 15 is 0 Å². The van der Waals surface area contributed by atoms with Crippen molar-refractivity contribution < 1.29 is 0 Å². The van der Waals surface area contributed by atoms with Crippen LogP contribution in [0.25, 0.3) is 46.3 Å². The fourth-order valence-corrected chi connectivity index (χ4v) is 13.1. The number of nitrogens with zero attached hydrogens (tertiary/aromatic N) is 2. The Morgan fingerprint density at radius 1 is 0.656 bits per heavy atom. The quantitative estimate of drug-likeness (QED) is 0.182. The Labute approximate surface area is 361 Å². The van der Waals surface area contributed by atoms with Gasteiger partial charge >= 0.3 is 0 Å². The van der Waals surface area contributed by atoms with Crippen LogP contribution in [0.1, 0.15) is 95.6 Å². The van der Waals surface area contributed by atoms with Gasteiger partial charge in [-0.05, 0) is 114 Å². The van der Waals surface area contributed by atoms with Crippen molar-refractivity contribution in [3.63, 3.8) is 0 Å². The van der Waals surface area contributed by atoms with Crippen LogP contribution in [0.5, 0.6) is 0 Å². The van der Waals surface area contributed by atoms with Crippen LogP contribution in [0.15, 0.2) is 156 Å². The summed E-state index contributed by atoms with van der Waals surface area (Å²) in [4.78, 5) is 1.42. The smallest absolute Gasteiger partial charge is 0.160 e. The molecular formula is C56H48N4S. The van der Waals surface area contributed by atoms with Crippen molar-refractivity contribution in [3.05, 3.63) is 201 Å². The first kappa shape index (κ1) is 35.7. The van der Waals surface area contributed by atoms with E-state index in [0.717, 1.165) is 44.9 Å². The maximum Gasteiger partial charge on any atom is 0.160 e. The van der Waals surface area contributed by atoms with Gasteiger partial charge in [0.15, 0.2) is 6.29 Å². The minimum atomic E-state index is -0.122. The summed E-state index contributed by atoms with van der Waals surface area (Å²) in [6.07, 6.45) is 35.9. The molecule has 2 aromatic heterocycles. The second-order valence-corrected chi connectivity index (χ2v) is 18.9. The zero-order chi connectivity index (χ0) is 40.0. The summed E-state index contributed by atoms with van der Waals surface area (Å²) in [7, 11) is 0. The Bertz CT molecular complexity index is 3140. The zero-order valence-corrected chi connectivity index (χ0v) is 35.0. The van der Waals surface area contributed by atoms with Crippen LogP contribution in [0.2, 0.25) is 0 Å². The van der Waals surface area contributed by atoms with E-state index in [9.17, 15) is 0 Å². The number of rotatable bonds is 5. The summed E-state index contributed by atoms with van der Waals surface area (Å²) in [5.74, 6) is 0.449. The molecule has 298 valence electrons. The first-order chi connectivity index (χ1) is 30.2. The highest BCUT2D eigenvalue weighted by Crippen LogP contribution is 2.52. The average molecular weight is 809 g/mol. The number of nitrogens with one attached hydrogen (secondary N) is 2. The molecule has 0 fully saturated rings. The molecule has 4 nitrogen and oxygen atoms in total. The molecule has 0 spiro atoms. The standard InChI is InChI=1S/C56H48N4S/c1-2-16-39(17-3-1)59-49-25-9-5-18-41(49)46-33-35(28-30-51(46)59)36-29-31-52-47(34-36)42-19-6-10-26-50(42)60(52)56-57-48-24-8-4-21-45(48)54(58-56)38-15-12-14-37(32-38)40-22-13-23-44-43-20-7-11-27-53(43)61-55(40)44/h1-4,6-8,10-16,18-27,32-34,39,43,53-54,56-58H,5,9,17,28-31H2. The second-order valence-electron chi connectivity index (χ2n) is 17.7. The summed E-state index contributed by atoms with van der Waals surface area (Å²) in [6.45, 7) is 0. The molecule has 13 rings (SSSR count). The van der Waals surface area contributed by atoms with Gasteiger partial charge in [0.1, 0.15) is 0 Å². The Balaban J connectivity index is 0.875. The summed E-state index contributed by atoms with van der Waals surface area (Å²) in [5, 5.41) is 12.9. The predicted molar refractivity (Wildman–Crippen MR) is 255 cm³/mol. The molecule has 6 aromatic rings. The van der Waals surface area contributed by atoms with Crippen LogP contribution < -0.4 is 21.2 Å². The van der Waals surface area contributed by atoms with Gasteiger partial charge in [0.2, 0.25) is 0 Å². The lowest BCUT2D eigenvalue weighted by Crippen LogP contribution is -2.41. The monoisotopic (exact) mass is 808 g/mol. The molecule has 0 bridgehead atoms. The van der Waals surface area contributed by atoms with Gasteiger partial charge in [0.05, 0.1) is 17.6 Å². The zero-order valence-electron chi connectivity index (χ0n) is 34.2. The molecule has 5 heteroatoms. The lowest BCUT2D eigenvalue weighted by Gasteiger charge is -2.37. The lowest BCUT2D eigenvalue weighted by molar-refractivity contribution is 0.400. The number of fused-ring (bicyclic) bond motifs is 10. The minimum Gasteiger partial charge on any atom is -0.352 e. The van der Waals surface area contributed by atoms with Gasteiger partial charge < -0.3 is 14.5 Å². The molecule has 2 aliphatic heterocycles. The van der Waals surface area contributed by atoms with Crippen LogP contribution in [-0.2, 0) is 12.8 Å². The number of anilines is 1. The van der Waals surface area contributed by atoms with Gasteiger partial charge in [0.25, 0.3) is 0 Å². The Morgan fingerprint density at radius 3 is 2.36 bits per heavy atom. The van der Waals surface area contributed by atoms with Crippen molar-refractivity contribution in [3.8, 4) is 11.1 Å². The summed E-state index contributed by atoms with van der Waals surface area (Å²) in [6, 6.07) is 34.6. The number of hydrogen-bond donors (Lipinski definition) is 2. The molecular weight excluding hydrogens is 761 g/mol. The van der Waals surface area contributed by atoms with E-state index in [1.807, 2.05) is 11.8 Å². The number of para-hydroxylation sites is 2. The molecule has 4 heterocycles. The van der Waals surface area contributed by atoms with Crippen molar-refractivity contribution in [1.82, 2.24) is 14.5 Å². The molecule has 4 aromatic carbocycles. The van der Waals surface area contributed by atoms with Crippen LogP contribution in [-0.4, -0.2) is 14.4 Å². The molecule has 0 radical (unpaired) electrons. The first-order valence-corrected chi connectivity index (χ1v) is 23.3. The Morgan fingerprint density at radius 2 is 1.44 bits per heavy atom. The second kappa shape index (κ2) is 14.3. The highest BCUT2D eigenvalue weighted by Gasteiger charge is 2.35. The third-order valence-corrected chi connectivity index (χ3v) is 15.8. The third-order valence-electron chi connectivity index (χ3n) is 14.4. The van der Waals surface area contributed by atoms with E-state index in [1.54, 1.807) is 0 Å². The Hall–Kier alpha value is -6.01. The minimum absolute atomic E-state index is 0.0146. The molecule has 5 atom stereocenters. The number of allylic oxidation sites excluding steroid dienone is 9. The van der Waals surface area contributed by atoms with Gasteiger partial charge in [-0.3, -0.25) is 5.32 Å². The van der Waals surface area contributed by atoms with E-state index in [2.05, 4.69) is 184 Å². The average Bonchev–Trinajstić information content (AvgIpc) is 3.99. The molecule has 2 N–H and O–H groups in total. The topological polar surface area (TPSA) is 33.9 Å². The summed E-state index contributed by atoms with van der Waals surface area (Å²) in [5.41, 5.74) is 17.9. The van der Waals surface area contributed by atoms with Gasteiger partial charge in [-0.15, -0.1) is 11.8 Å². The van der Waals surface area contributed by atoms with Crippen molar-refractivity contribution in [1.29, 1.82) is 0 Å². The van der Waals surface area contributed by atoms with E-state index in [1.165, 1.54) is 93.5 Å². The first-order valence-electron chi connectivity index (χ1n) is 22.4.